The molecule has 2 aromatic heterocycles. The van der Waals surface area contributed by atoms with Gasteiger partial charge in [0.05, 0.1) is 6.04 Å². The van der Waals surface area contributed by atoms with Crippen LogP contribution in [0.1, 0.15) is 22.9 Å². The summed E-state index contributed by atoms with van der Waals surface area (Å²) in [5, 5.41) is 4.54. The minimum Gasteiger partial charge on any atom is -0.381 e. The molecule has 0 radical (unpaired) electrons. The van der Waals surface area contributed by atoms with Gasteiger partial charge >= 0.3 is 0 Å². The molecule has 104 valence electrons. The van der Waals surface area contributed by atoms with Crippen LogP contribution in [0.5, 0.6) is 0 Å². The maximum absolute atomic E-state index is 12.2. The molecule has 7 nitrogen and oxygen atoms in total. The number of rotatable bonds is 4. The number of sulfonamides is 1. The Morgan fingerprint density at radius 2 is 2.21 bits per heavy atom. The van der Waals surface area contributed by atoms with E-state index in [4.69, 9.17) is 5.73 Å². The van der Waals surface area contributed by atoms with E-state index < -0.39 is 16.1 Å². The largest absolute Gasteiger partial charge is 0.381 e. The normalized spacial score (nSPS) is 13.6. The Kier molecular flexibility index (Phi) is 3.61. The molecule has 9 heteroatoms. The Hall–Kier alpha value is -1.45. The van der Waals surface area contributed by atoms with E-state index in [1.807, 2.05) is 6.92 Å². The lowest BCUT2D eigenvalue weighted by atomic mass is 10.4. The van der Waals surface area contributed by atoms with Crippen LogP contribution in [0.25, 0.3) is 0 Å². The van der Waals surface area contributed by atoms with Crippen molar-refractivity contribution in [1.82, 2.24) is 19.5 Å². The Morgan fingerprint density at radius 1 is 1.53 bits per heavy atom. The van der Waals surface area contributed by atoms with E-state index in [0.29, 0.717) is 5.01 Å². The van der Waals surface area contributed by atoms with Crippen LogP contribution >= 0.6 is 11.3 Å². The number of anilines is 1. The van der Waals surface area contributed by atoms with Gasteiger partial charge in [0.15, 0.2) is 5.82 Å². The van der Waals surface area contributed by atoms with Crippen molar-refractivity contribution in [1.29, 1.82) is 0 Å². The molecular formula is C10H15N5O2S2. The summed E-state index contributed by atoms with van der Waals surface area (Å²) in [5.41, 5.74) is 5.58. The van der Waals surface area contributed by atoms with Gasteiger partial charge in [-0.15, -0.1) is 11.3 Å². The van der Waals surface area contributed by atoms with Gasteiger partial charge < -0.3 is 5.73 Å². The average Bonchev–Trinajstić information content (AvgIpc) is 2.84. The molecular weight excluding hydrogens is 286 g/mol. The summed E-state index contributed by atoms with van der Waals surface area (Å²) in [5.74, 6) is -0.0162. The van der Waals surface area contributed by atoms with E-state index in [-0.39, 0.29) is 10.7 Å². The first-order valence-electron chi connectivity index (χ1n) is 5.53. The van der Waals surface area contributed by atoms with Crippen LogP contribution < -0.4 is 10.5 Å². The molecule has 0 aliphatic heterocycles. The summed E-state index contributed by atoms with van der Waals surface area (Å²) in [6.07, 6.45) is 3.08. The smallest absolute Gasteiger partial charge is 0.246 e. The zero-order valence-electron chi connectivity index (χ0n) is 10.8. The molecule has 3 N–H and O–H groups in total. The molecule has 0 aromatic carbocycles. The van der Waals surface area contributed by atoms with Crippen LogP contribution in [0, 0.1) is 6.92 Å². The van der Waals surface area contributed by atoms with Gasteiger partial charge in [0.1, 0.15) is 9.90 Å². The molecule has 2 rings (SSSR count). The molecule has 2 heterocycles. The van der Waals surface area contributed by atoms with Crippen LogP contribution in [0.4, 0.5) is 5.82 Å². The highest BCUT2D eigenvalue weighted by molar-refractivity contribution is 7.89. The number of nitrogens with zero attached hydrogens (tertiary/aromatic N) is 3. The molecule has 1 unspecified atom stereocenters. The van der Waals surface area contributed by atoms with Gasteiger partial charge in [-0.25, -0.2) is 18.1 Å². The Balaban J connectivity index is 2.24. The summed E-state index contributed by atoms with van der Waals surface area (Å²) in [4.78, 5) is 5.17. The van der Waals surface area contributed by atoms with E-state index in [1.54, 1.807) is 20.2 Å². The molecule has 1 atom stereocenters. The van der Waals surface area contributed by atoms with Crippen LogP contribution in [0.3, 0.4) is 0 Å². The minimum atomic E-state index is -3.70. The number of nitrogens with two attached hydrogens (primary N) is 1. The van der Waals surface area contributed by atoms with Crippen molar-refractivity contribution in [3.8, 4) is 0 Å². The third kappa shape index (κ3) is 2.94. The number of aryl methyl sites for hydroxylation is 2. The van der Waals surface area contributed by atoms with Crippen LogP contribution in [0.15, 0.2) is 17.3 Å². The standard InChI is InChI=1S/C10H15N5O2S2/c1-6-4-12-10(18-6)7(2)14-19(16,17)8-5-15(3)13-9(8)11/h4-5,7,14H,1-3H3,(H2,11,13). The van der Waals surface area contributed by atoms with Crippen molar-refractivity contribution in [3.63, 3.8) is 0 Å². The fourth-order valence-corrected chi connectivity index (χ4v) is 3.77. The van der Waals surface area contributed by atoms with E-state index in [1.165, 1.54) is 22.2 Å². The second-order valence-corrected chi connectivity index (χ2v) is 7.15. The molecule has 0 spiro atoms. The lowest BCUT2D eigenvalue weighted by Crippen LogP contribution is -2.27. The average molecular weight is 301 g/mol. The Bertz CT molecular complexity index is 689. The third-order valence-corrected chi connectivity index (χ3v) is 5.11. The first-order valence-corrected chi connectivity index (χ1v) is 7.83. The van der Waals surface area contributed by atoms with Crippen LogP contribution in [-0.4, -0.2) is 23.2 Å². The number of nitrogen functional groups attached to an aromatic ring is 1. The molecule has 19 heavy (non-hydrogen) atoms. The quantitative estimate of drug-likeness (QED) is 0.869. The predicted molar refractivity (Wildman–Crippen MR) is 73.2 cm³/mol. The second-order valence-electron chi connectivity index (χ2n) is 4.20. The molecule has 2 aromatic rings. The van der Waals surface area contributed by atoms with Crippen LogP contribution in [0.2, 0.25) is 0 Å². The molecule has 0 bridgehead atoms. The highest BCUT2D eigenvalue weighted by Crippen LogP contribution is 2.22. The second kappa shape index (κ2) is 4.91. The van der Waals surface area contributed by atoms with Crippen molar-refractivity contribution < 1.29 is 8.42 Å². The molecule has 0 aliphatic carbocycles. The SMILES string of the molecule is Cc1cnc(C(C)NS(=O)(=O)c2cn(C)nc2N)s1. The summed E-state index contributed by atoms with van der Waals surface area (Å²) in [6.45, 7) is 3.66. The summed E-state index contributed by atoms with van der Waals surface area (Å²) >= 11 is 1.45. The van der Waals surface area contributed by atoms with Gasteiger partial charge in [-0.1, -0.05) is 0 Å². The minimum absolute atomic E-state index is 0.0162. The van der Waals surface area contributed by atoms with Gasteiger partial charge in [0.25, 0.3) is 0 Å². The maximum atomic E-state index is 12.2. The van der Waals surface area contributed by atoms with Crippen molar-refractivity contribution in [2.75, 3.05) is 5.73 Å². The third-order valence-electron chi connectivity index (χ3n) is 2.45. The van der Waals surface area contributed by atoms with Crippen molar-refractivity contribution in [3.05, 3.63) is 22.3 Å². The predicted octanol–water partition coefficient (Wildman–Crippen LogP) is 0.807. The highest BCUT2D eigenvalue weighted by Gasteiger charge is 2.24. The van der Waals surface area contributed by atoms with Crippen molar-refractivity contribution in [2.24, 2.45) is 7.05 Å². The number of aromatic nitrogens is 3. The number of thiazole rings is 1. The number of nitrogens with one attached hydrogen (secondary N) is 1. The zero-order valence-corrected chi connectivity index (χ0v) is 12.4. The molecule has 0 aliphatic rings. The van der Waals surface area contributed by atoms with Gasteiger partial charge in [-0.05, 0) is 13.8 Å². The van der Waals surface area contributed by atoms with E-state index in [9.17, 15) is 8.42 Å². The molecule has 0 amide bonds. The first kappa shape index (κ1) is 14.0. The summed E-state index contributed by atoms with van der Waals surface area (Å²) in [6, 6.07) is -0.414. The monoisotopic (exact) mass is 301 g/mol. The summed E-state index contributed by atoms with van der Waals surface area (Å²) < 4.78 is 28.3. The van der Waals surface area contributed by atoms with E-state index >= 15 is 0 Å². The van der Waals surface area contributed by atoms with Gasteiger partial charge in [0.2, 0.25) is 10.0 Å². The molecule has 0 saturated carbocycles. The first-order chi connectivity index (χ1) is 8.79. The highest BCUT2D eigenvalue weighted by atomic mass is 32.2. The lowest BCUT2D eigenvalue weighted by molar-refractivity contribution is 0.566. The fourth-order valence-electron chi connectivity index (χ4n) is 1.61. The summed E-state index contributed by atoms with van der Waals surface area (Å²) in [7, 11) is -2.09. The van der Waals surface area contributed by atoms with Gasteiger partial charge in [-0.3, -0.25) is 4.68 Å². The van der Waals surface area contributed by atoms with Crippen molar-refractivity contribution in [2.45, 2.75) is 24.8 Å². The number of hydrogen-bond acceptors (Lipinski definition) is 6. The van der Waals surface area contributed by atoms with Gasteiger partial charge in [-0.2, -0.15) is 5.10 Å². The number of hydrogen-bond donors (Lipinski definition) is 2. The van der Waals surface area contributed by atoms with Crippen LogP contribution in [-0.2, 0) is 17.1 Å². The molecule has 0 fully saturated rings. The molecule has 0 saturated heterocycles. The fraction of sp³-hybridized carbons (Fsp3) is 0.400. The lowest BCUT2D eigenvalue weighted by Gasteiger charge is -2.10. The van der Waals surface area contributed by atoms with E-state index in [0.717, 1.165) is 4.88 Å². The van der Waals surface area contributed by atoms with E-state index in [2.05, 4.69) is 14.8 Å². The zero-order chi connectivity index (χ0) is 14.2. The maximum Gasteiger partial charge on any atom is 0.246 e. The Labute approximate surface area is 115 Å². The topological polar surface area (TPSA) is 103 Å². The van der Waals surface area contributed by atoms with Gasteiger partial charge in [0, 0.05) is 24.3 Å². The Morgan fingerprint density at radius 3 is 2.68 bits per heavy atom. The van der Waals surface area contributed by atoms with Crippen molar-refractivity contribution >= 4 is 27.2 Å².